The van der Waals surface area contributed by atoms with E-state index in [4.69, 9.17) is 13.9 Å². The molecule has 0 bridgehead atoms. The van der Waals surface area contributed by atoms with Crippen LogP contribution in [0.25, 0.3) is 0 Å². The highest BCUT2D eigenvalue weighted by Crippen LogP contribution is 2.42. The van der Waals surface area contributed by atoms with Crippen molar-refractivity contribution in [2.45, 2.75) is 19.3 Å². The first kappa shape index (κ1) is 19.8. The number of ether oxygens (including phenoxy) is 2. The van der Waals surface area contributed by atoms with Crippen molar-refractivity contribution < 1.29 is 23.5 Å². The number of benzene rings is 1. The Hall–Kier alpha value is -2.96. The summed E-state index contributed by atoms with van der Waals surface area (Å²) >= 11 is 0. The third-order valence-electron chi connectivity index (χ3n) is 5.06. The summed E-state index contributed by atoms with van der Waals surface area (Å²) < 4.78 is 16.2. The van der Waals surface area contributed by atoms with Crippen LogP contribution in [0.1, 0.15) is 35.4 Å². The Balaban J connectivity index is 1.94. The number of carbonyl (C=O) groups is 2. The number of nitrogens with zero attached hydrogens (tertiary/aromatic N) is 1. The molecule has 2 heterocycles. The minimum absolute atomic E-state index is 0.0635. The molecule has 3 rings (SSSR count). The molecular weight excluding hydrogens is 360 g/mol. The second-order valence-electron chi connectivity index (χ2n) is 6.77. The Morgan fingerprint density at radius 1 is 1.18 bits per heavy atom. The third kappa shape index (κ3) is 3.83. The van der Waals surface area contributed by atoms with E-state index in [1.54, 1.807) is 31.3 Å². The van der Waals surface area contributed by atoms with Gasteiger partial charge >= 0.3 is 0 Å². The molecule has 0 radical (unpaired) electrons. The molecule has 2 amide bonds. The van der Waals surface area contributed by atoms with E-state index < -0.39 is 0 Å². The van der Waals surface area contributed by atoms with Crippen LogP contribution in [-0.2, 0) is 4.79 Å². The number of methoxy groups -OCH3 is 2. The summed E-state index contributed by atoms with van der Waals surface area (Å²) in [4.78, 5) is 27.3. The molecule has 1 aromatic carbocycles. The predicted molar refractivity (Wildman–Crippen MR) is 104 cm³/mol. The van der Waals surface area contributed by atoms with Gasteiger partial charge in [-0.15, -0.1) is 0 Å². The van der Waals surface area contributed by atoms with E-state index in [9.17, 15) is 9.59 Å². The van der Waals surface area contributed by atoms with Crippen molar-refractivity contribution in [3.63, 3.8) is 0 Å². The molecule has 7 heteroatoms. The van der Waals surface area contributed by atoms with Crippen molar-refractivity contribution in [2.75, 3.05) is 33.9 Å². The number of furan rings is 1. The number of amides is 2. The Bertz CT molecular complexity index is 818. The summed E-state index contributed by atoms with van der Waals surface area (Å²) in [5, 5.41) is 2.96. The Labute approximate surface area is 164 Å². The van der Waals surface area contributed by atoms with Gasteiger partial charge in [-0.3, -0.25) is 9.59 Å². The zero-order valence-corrected chi connectivity index (χ0v) is 16.4. The maximum Gasteiger partial charge on any atom is 0.289 e. The molecule has 1 fully saturated rings. The fraction of sp³-hybridized carbons (Fsp3) is 0.429. The normalized spacial score (nSPS) is 18.8. The molecule has 7 nitrogen and oxygen atoms in total. The predicted octanol–water partition coefficient (Wildman–Crippen LogP) is 2.68. The van der Waals surface area contributed by atoms with Gasteiger partial charge in [-0.2, -0.15) is 0 Å². The summed E-state index contributed by atoms with van der Waals surface area (Å²) in [7, 11) is 3.16. The zero-order valence-electron chi connectivity index (χ0n) is 16.4. The molecule has 0 aliphatic carbocycles. The highest BCUT2D eigenvalue weighted by atomic mass is 16.5. The van der Waals surface area contributed by atoms with Gasteiger partial charge in [-0.1, -0.05) is 19.1 Å². The average molecular weight is 386 g/mol. The van der Waals surface area contributed by atoms with Gasteiger partial charge < -0.3 is 24.1 Å². The number of nitrogens with one attached hydrogen (secondary N) is 1. The number of hydrogen-bond donors (Lipinski definition) is 1. The monoisotopic (exact) mass is 386 g/mol. The molecule has 28 heavy (non-hydrogen) atoms. The molecule has 2 atom stereocenters. The minimum atomic E-state index is -0.383. The van der Waals surface area contributed by atoms with Crippen LogP contribution in [0, 0.1) is 5.92 Å². The van der Waals surface area contributed by atoms with Crippen LogP contribution >= 0.6 is 0 Å². The van der Waals surface area contributed by atoms with E-state index in [0.29, 0.717) is 31.1 Å². The minimum Gasteiger partial charge on any atom is -0.493 e. The standard InChI is InChI=1S/C21H26N2O5/c1-4-10-22-20(24)16-13-23(21(25)18-9-6-11-28-18)12-15(16)14-7-5-8-17(26-2)19(14)27-3/h5-9,11,15-16H,4,10,12-13H2,1-3H3,(H,22,24). The third-order valence-corrected chi connectivity index (χ3v) is 5.06. The number of rotatable bonds is 7. The molecule has 1 aromatic heterocycles. The van der Waals surface area contributed by atoms with Crippen molar-refractivity contribution in [1.82, 2.24) is 10.2 Å². The second kappa shape index (κ2) is 8.82. The molecule has 150 valence electrons. The van der Waals surface area contributed by atoms with Crippen molar-refractivity contribution >= 4 is 11.8 Å². The Kier molecular flexibility index (Phi) is 6.23. The largest absolute Gasteiger partial charge is 0.493 e. The lowest BCUT2D eigenvalue weighted by molar-refractivity contribution is -0.124. The lowest BCUT2D eigenvalue weighted by Gasteiger charge is -2.21. The van der Waals surface area contributed by atoms with Crippen molar-refractivity contribution in [2.24, 2.45) is 5.92 Å². The summed E-state index contributed by atoms with van der Waals surface area (Å²) in [6.45, 7) is 3.32. The lowest BCUT2D eigenvalue weighted by Crippen LogP contribution is -2.36. The van der Waals surface area contributed by atoms with E-state index >= 15 is 0 Å². The average Bonchev–Trinajstić information content (AvgIpc) is 3.41. The van der Waals surface area contributed by atoms with Crippen molar-refractivity contribution in [3.05, 3.63) is 47.9 Å². The molecule has 1 aliphatic rings. The summed E-state index contributed by atoms with van der Waals surface area (Å²) in [6, 6.07) is 8.92. The van der Waals surface area contributed by atoms with E-state index in [1.165, 1.54) is 6.26 Å². The van der Waals surface area contributed by atoms with Crippen LogP contribution in [0.2, 0.25) is 0 Å². The number of hydrogen-bond acceptors (Lipinski definition) is 5. The Morgan fingerprint density at radius 3 is 2.64 bits per heavy atom. The summed E-state index contributed by atoms with van der Waals surface area (Å²) in [6.07, 6.45) is 2.32. The lowest BCUT2D eigenvalue weighted by atomic mass is 9.87. The molecule has 2 aromatic rings. The maximum absolute atomic E-state index is 12.9. The van der Waals surface area contributed by atoms with E-state index in [0.717, 1.165) is 12.0 Å². The van der Waals surface area contributed by atoms with Crippen LogP contribution in [0.15, 0.2) is 41.0 Å². The fourth-order valence-corrected chi connectivity index (χ4v) is 3.69. The topological polar surface area (TPSA) is 81.0 Å². The zero-order chi connectivity index (χ0) is 20.1. The first-order chi connectivity index (χ1) is 13.6. The van der Waals surface area contributed by atoms with Gasteiger partial charge in [-0.05, 0) is 24.6 Å². The summed E-state index contributed by atoms with van der Waals surface area (Å²) in [5.41, 5.74) is 0.855. The number of likely N-dealkylation sites (tertiary alicyclic amines) is 1. The first-order valence-electron chi connectivity index (χ1n) is 9.42. The van der Waals surface area contributed by atoms with E-state index in [-0.39, 0.29) is 29.4 Å². The number of para-hydroxylation sites is 1. The van der Waals surface area contributed by atoms with Crippen LogP contribution in [-0.4, -0.2) is 50.6 Å². The van der Waals surface area contributed by atoms with Crippen molar-refractivity contribution in [1.29, 1.82) is 0 Å². The van der Waals surface area contributed by atoms with Gasteiger partial charge in [-0.25, -0.2) is 0 Å². The molecule has 1 saturated heterocycles. The summed E-state index contributed by atoms with van der Waals surface area (Å²) in [5.74, 6) is 0.589. The molecule has 1 N–H and O–H groups in total. The van der Waals surface area contributed by atoms with Gasteiger partial charge in [0.05, 0.1) is 26.4 Å². The van der Waals surface area contributed by atoms with Gasteiger partial charge in [0.25, 0.3) is 5.91 Å². The molecule has 2 unspecified atom stereocenters. The smallest absolute Gasteiger partial charge is 0.289 e. The van der Waals surface area contributed by atoms with Gasteiger partial charge in [0, 0.05) is 31.1 Å². The quantitative estimate of drug-likeness (QED) is 0.791. The van der Waals surface area contributed by atoms with E-state index in [1.807, 2.05) is 25.1 Å². The van der Waals surface area contributed by atoms with Crippen molar-refractivity contribution in [3.8, 4) is 11.5 Å². The highest BCUT2D eigenvalue weighted by molar-refractivity contribution is 5.92. The Morgan fingerprint density at radius 2 is 2.00 bits per heavy atom. The molecule has 1 aliphatic heterocycles. The van der Waals surface area contributed by atoms with Gasteiger partial charge in [0.1, 0.15) is 0 Å². The molecule has 0 saturated carbocycles. The maximum atomic E-state index is 12.9. The SMILES string of the molecule is CCCNC(=O)C1CN(C(=O)c2ccco2)CC1c1cccc(OC)c1OC. The van der Waals surface area contributed by atoms with E-state index in [2.05, 4.69) is 5.32 Å². The van der Waals surface area contributed by atoms with Gasteiger partial charge in [0.2, 0.25) is 5.91 Å². The molecular formula is C21H26N2O5. The highest BCUT2D eigenvalue weighted by Gasteiger charge is 2.42. The second-order valence-corrected chi connectivity index (χ2v) is 6.77. The van der Waals surface area contributed by atoms with Crippen LogP contribution < -0.4 is 14.8 Å². The number of carbonyl (C=O) groups excluding carboxylic acids is 2. The first-order valence-corrected chi connectivity index (χ1v) is 9.42. The van der Waals surface area contributed by atoms with Crippen LogP contribution in [0.3, 0.4) is 0 Å². The van der Waals surface area contributed by atoms with Crippen LogP contribution in [0.5, 0.6) is 11.5 Å². The van der Waals surface area contributed by atoms with Crippen LogP contribution in [0.4, 0.5) is 0 Å². The fourth-order valence-electron chi connectivity index (χ4n) is 3.69. The molecule has 0 spiro atoms. The van der Waals surface area contributed by atoms with Gasteiger partial charge in [0.15, 0.2) is 17.3 Å².